The number of nitrogens with one attached hydrogen (secondary N) is 1. The zero-order valence-electron chi connectivity index (χ0n) is 13.7. The lowest BCUT2D eigenvalue weighted by Crippen LogP contribution is -2.43. The molecule has 2 aromatic rings. The standard InChI is InChI=1S/C20H24FNO2/c21-16-8-4-14(5-9-16)6-10-17-2-1-3-18(22-17)12-15-7-11-19(23)20(24)13-15/h4-5,7-9,11,13,17-18,22-24H,1-3,6,10,12H2. The fourth-order valence-electron chi connectivity index (χ4n) is 3.47. The van der Waals surface area contributed by atoms with Crippen LogP contribution in [0.25, 0.3) is 0 Å². The number of rotatable bonds is 5. The average molecular weight is 329 g/mol. The van der Waals surface area contributed by atoms with Crippen molar-refractivity contribution in [3.8, 4) is 11.5 Å². The Morgan fingerprint density at radius 3 is 2.38 bits per heavy atom. The van der Waals surface area contributed by atoms with Gasteiger partial charge in [-0.1, -0.05) is 24.6 Å². The first-order chi connectivity index (χ1) is 11.6. The molecule has 0 radical (unpaired) electrons. The molecular weight excluding hydrogens is 305 g/mol. The SMILES string of the molecule is Oc1ccc(CC2CCCC(CCc3ccc(F)cc3)N2)cc1O. The Morgan fingerprint density at radius 2 is 1.62 bits per heavy atom. The van der Waals surface area contributed by atoms with E-state index in [1.807, 2.05) is 18.2 Å². The number of aryl methyl sites for hydroxylation is 1. The Balaban J connectivity index is 1.52. The molecule has 1 aliphatic heterocycles. The van der Waals surface area contributed by atoms with Crippen LogP contribution in [0.1, 0.15) is 36.8 Å². The number of phenolic OH excluding ortho intramolecular Hbond substituents is 2. The largest absolute Gasteiger partial charge is 0.504 e. The van der Waals surface area contributed by atoms with E-state index in [0.29, 0.717) is 12.1 Å². The maximum absolute atomic E-state index is 12.9. The lowest BCUT2D eigenvalue weighted by molar-refractivity contribution is 0.306. The quantitative estimate of drug-likeness (QED) is 0.729. The molecule has 4 heteroatoms. The predicted molar refractivity (Wildman–Crippen MR) is 92.8 cm³/mol. The Morgan fingerprint density at radius 1 is 0.917 bits per heavy atom. The number of benzene rings is 2. The molecule has 0 aliphatic carbocycles. The number of hydrogen-bond donors (Lipinski definition) is 3. The predicted octanol–water partition coefficient (Wildman–Crippen LogP) is 3.92. The third-order valence-corrected chi connectivity index (χ3v) is 4.79. The summed E-state index contributed by atoms with van der Waals surface area (Å²) < 4.78 is 12.9. The molecule has 2 unspecified atom stereocenters. The van der Waals surface area contributed by atoms with E-state index in [4.69, 9.17) is 0 Å². The molecule has 24 heavy (non-hydrogen) atoms. The highest BCUT2D eigenvalue weighted by atomic mass is 19.1. The van der Waals surface area contributed by atoms with Crippen LogP contribution in [-0.4, -0.2) is 22.3 Å². The molecule has 3 rings (SSSR count). The first kappa shape index (κ1) is 16.8. The first-order valence-corrected chi connectivity index (χ1v) is 8.61. The Hall–Kier alpha value is -2.07. The van der Waals surface area contributed by atoms with Gasteiger partial charge in [0.1, 0.15) is 5.82 Å². The topological polar surface area (TPSA) is 52.5 Å². The fraction of sp³-hybridized carbons (Fsp3) is 0.400. The number of piperidine rings is 1. The molecule has 0 amide bonds. The fourth-order valence-corrected chi connectivity index (χ4v) is 3.47. The van der Waals surface area contributed by atoms with Crippen molar-refractivity contribution in [2.24, 2.45) is 0 Å². The zero-order valence-corrected chi connectivity index (χ0v) is 13.7. The van der Waals surface area contributed by atoms with Crippen molar-refractivity contribution < 1.29 is 14.6 Å². The van der Waals surface area contributed by atoms with Crippen molar-refractivity contribution in [1.29, 1.82) is 0 Å². The molecule has 128 valence electrons. The highest BCUT2D eigenvalue weighted by molar-refractivity contribution is 5.40. The normalized spacial score (nSPS) is 20.9. The molecule has 3 nitrogen and oxygen atoms in total. The van der Waals surface area contributed by atoms with Gasteiger partial charge in [0.05, 0.1) is 0 Å². The van der Waals surface area contributed by atoms with Crippen molar-refractivity contribution in [1.82, 2.24) is 5.32 Å². The molecule has 0 spiro atoms. The van der Waals surface area contributed by atoms with Crippen LogP contribution in [0.5, 0.6) is 11.5 Å². The number of phenols is 2. The third-order valence-electron chi connectivity index (χ3n) is 4.79. The van der Waals surface area contributed by atoms with Gasteiger partial charge < -0.3 is 15.5 Å². The second-order valence-corrected chi connectivity index (χ2v) is 6.68. The van der Waals surface area contributed by atoms with Crippen molar-refractivity contribution in [3.63, 3.8) is 0 Å². The summed E-state index contributed by atoms with van der Waals surface area (Å²) in [6, 6.07) is 12.6. The van der Waals surface area contributed by atoms with Crippen LogP contribution in [0, 0.1) is 5.82 Å². The van der Waals surface area contributed by atoms with E-state index in [0.717, 1.165) is 31.2 Å². The van der Waals surface area contributed by atoms with Crippen molar-refractivity contribution >= 4 is 0 Å². The summed E-state index contributed by atoms with van der Waals surface area (Å²) in [5.74, 6) is -0.324. The summed E-state index contributed by atoms with van der Waals surface area (Å²) in [6.45, 7) is 0. The second-order valence-electron chi connectivity index (χ2n) is 6.68. The number of aromatic hydroxyl groups is 2. The Labute approximate surface area is 142 Å². The van der Waals surface area contributed by atoms with E-state index < -0.39 is 0 Å². The molecule has 1 heterocycles. The number of halogens is 1. The van der Waals surface area contributed by atoms with E-state index in [2.05, 4.69) is 5.32 Å². The van der Waals surface area contributed by atoms with E-state index in [-0.39, 0.29) is 17.3 Å². The minimum absolute atomic E-state index is 0.0591. The van der Waals surface area contributed by atoms with Gasteiger partial charge in [-0.05, 0) is 67.5 Å². The van der Waals surface area contributed by atoms with Crippen LogP contribution in [-0.2, 0) is 12.8 Å². The molecule has 1 fully saturated rings. The van der Waals surface area contributed by atoms with Gasteiger partial charge in [-0.3, -0.25) is 0 Å². The maximum atomic E-state index is 12.9. The minimum Gasteiger partial charge on any atom is -0.504 e. The van der Waals surface area contributed by atoms with Crippen molar-refractivity contribution in [2.45, 2.75) is 50.6 Å². The van der Waals surface area contributed by atoms with Crippen molar-refractivity contribution in [2.75, 3.05) is 0 Å². The Kier molecular flexibility index (Phi) is 5.36. The van der Waals surface area contributed by atoms with Crippen LogP contribution >= 0.6 is 0 Å². The highest BCUT2D eigenvalue weighted by Gasteiger charge is 2.21. The molecule has 0 aromatic heterocycles. The average Bonchev–Trinajstić information content (AvgIpc) is 2.58. The summed E-state index contributed by atoms with van der Waals surface area (Å²) in [4.78, 5) is 0. The van der Waals surface area contributed by atoms with Crippen molar-refractivity contribution in [3.05, 3.63) is 59.4 Å². The molecular formula is C20H24FNO2. The van der Waals surface area contributed by atoms with Gasteiger partial charge in [0.25, 0.3) is 0 Å². The lowest BCUT2D eigenvalue weighted by atomic mass is 9.91. The van der Waals surface area contributed by atoms with Gasteiger partial charge >= 0.3 is 0 Å². The zero-order chi connectivity index (χ0) is 16.9. The van der Waals surface area contributed by atoms with Crippen LogP contribution in [0.3, 0.4) is 0 Å². The van der Waals surface area contributed by atoms with Gasteiger partial charge in [-0.2, -0.15) is 0 Å². The summed E-state index contributed by atoms with van der Waals surface area (Å²) in [5, 5.41) is 22.7. The van der Waals surface area contributed by atoms with E-state index in [1.54, 1.807) is 12.1 Å². The molecule has 3 N–H and O–H groups in total. The first-order valence-electron chi connectivity index (χ1n) is 8.61. The van der Waals surface area contributed by atoms with E-state index >= 15 is 0 Å². The third kappa shape index (κ3) is 4.48. The molecule has 2 atom stereocenters. The molecule has 0 saturated carbocycles. The summed E-state index contributed by atoms with van der Waals surface area (Å²) >= 11 is 0. The monoisotopic (exact) mass is 329 g/mol. The van der Waals surface area contributed by atoms with Gasteiger partial charge in [-0.25, -0.2) is 4.39 Å². The highest BCUT2D eigenvalue weighted by Crippen LogP contribution is 2.27. The lowest BCUT2D eigenvalue weighted by Gasteiger charge is -2.31. The van der Waals surface area contributed by atoms with E-state index in [1.165, 1.54) is 30.5 Å². The molecule has 0 bridgehead atoms. The van der Waals surface area contributed by atoms with Gasteiger partial charge in [0.15, 0.2) is 11.5 Å². The molecule has 1 saturated heterocycles. The van der Waals surface area contributed by atoms with Crippen LogP contribution in [0.4, 0.5) is 4.39 Å². The minimum atomic E-state index is -0.188. The summed E-state index contributed by atoms with van der Waals surface area (Å²) in [7, 11) is 0. The van der Waals surface area contributed by atoms with Crippen LogP contribution in [0.15, 0.2) is 42.5 Å². The second kappa shape index (κ2) is 7.67. The number of hydrogen-bond acceptors (Lipinski definition) is 3. The van der Waals surface area contributed by atoms with Gasteiger partial charge in [0.2, 0.25) is 0 Å². The maximum Gasteiger partial charge on any atom is 0.157 e. The summed E-state index contributed by atoms with van der Waals surface area (Å²) in [5.41, 5.74) is 2.20. The molecule has 2 aromatic carbocycles. The Bertz CT molecular complexity index is 672. The van der Waals surface area contributed by atoms with E-state index in [9.17, 15) is 14.6 Å². The summed E-state index contributed by atoms with van der Waals surface area (Å²) in [6.07, 6.45) is 6.32. The smallest absolute Gasteiger partial charge is 0.157 e. The van der Waals surface area contributed by atoms with Gasteiger partial charge in [-0.15, -0.1) is 0 Å². The van der Waals surface area contributed by atoms with Gasteiger partial charge in [0, 0.05) is 12.1 Å². The van der Waals surface area contributed by atoms with Crippen LogP contribution in [0.2, 0.25) is 0 Å². The molecule has 1 aliphatic rings. The van der Waals surface area contributed by atoms with Crippen LogP contribution < -0.4 is 5.32 Å².